The van der Waals surface area contributed by atoms with Crippen molar-refractivity contribution in [2.75, 3.05) is 7.11 Å². The third-order valence-electron chi connectivity index (χ3n) is 3.19. The quantitative estimate of drug-likeness (QED) is 0.822. The van der Waals surface area contributed by atoms with Gasteiger partial charge in [-0.3, -0.25) is 5.10 Å². The number of aromatic nitrogens is 2. The van der Waals surface area contributed by atoms with Crippen LogP contribution in [0.4, 0.5) is 0 Å². The number of rotatable bonds is 2. The van der Waals surface area contributed by atoms with E-state index in [1.54, 1.807) is 7.11 Å². The minimum atomic E-state index is -0.225. The summed E-state index contributed by atoms with van der Waals surface area (Å²) in [6.45, 7) is 0. The summed E-state index contributed by atoms with van der Waals surface area (Å²) in [5.41, 5.74) is 4.48. The first kappa shape index (κ1) is 10.4. The Labute approximate surface area is 99.2 Å². The molecule has 0 spiro atoms. The van der Waals surface area contributed by atoms with E-state index in [2.05, 4.69) is 22.3 Å². The van der Waals surface area contributed by atoms with Crippen LogP contribution in [-0.2, 0) is 12.8 Å². The van der Waals surface area contributed by atoms with Crippen molar-refractivity contribution in [1.82, 2.24) is 10.2 Å². The second kappa shape index (κ2) is 3.89. The molecule has 1 aliphatic carbocycles. The number of aliphatic hydroxyl groups is 1. The van der Waals surface area contributed by atoms with Gasteiger partial charge in [-0.05, 0) is 35.6 Å². The first-order valence-corrected chi connectivity index (χ1v) is 5.66. The molecule has 2 aromatic rings. The minimum absolute atomic E-state index is 0.225. The second-order valence-electron chi connectivity index (χ2n) is 4.37. The number of hydrogen-bond acceptors (Lipinski definition) is 3. The van der Waals surface area contributed by atoms with Crippen LogP contribution < -0.4 is 4.74 Å². The van der Waals surface area contributed by atoms with E-state index in [-0.39, 0.29) is 6.10 Å². The molecule has 0 saturated heterocycles. The van der Waals surface area contributed by atoms with Crippen LogP contribution in [0.2, 0.25) is 0 Å². The second-order valence-corrected chi connectivity index (χ2v) is 4.37. The monoisotopic (exact) mass is 230 g/mol. The molecule has 3 rings (SSSR count). The van der Waals surface area contributed by atoms with Crippen molar-refractivity contribution < 1.29 is 9.84 Å². The summed E-state index contributed by atoms with van der Waals surface area (Å²) in [6.07, 6.45) is 1.28. The van der Waals surface area contributed by atoms with Gasteiger partial charge >= 0.3 is 0 Å². The molecule has 0 amide bonds. The number of fused-ring (bicyclic) bond motifs is 1. The summed E-state index contributed by atoms with van der Waals surface area (Å²) in [7, 11) is 1.60. The Hall–Kier alpha value is -1.81. The average Bonchev–Trinajstić information content (AvgIpc) is 2.92. The molecule has 17 heavy (non-hydrogen) atoms. The molecule has 4 nitrogen and oxygen atoms in total. The highest BCUT2D eigenvalue weighted by atomic mass is 16.5. The Kier molecular flexibility index (Phi) is 2.37. The average molecular weight is 230 g/mol. The molecule has 1 atom stereocenters. The van der Waals surface area contributed by atoms with Crippen molar-refractivity contribution in [3.8, 4) is 17.1 Å². The van der Waals surface area contributed by atoms with Gasteiger partial charge in [0.25, 0.3) is 0 Å². The molecule has 2 N–H and O–H groups in total. The fourth-order valence-electron chi connectivity index (χ4n) is 2.32. The number of aliphatic hydroxyl groups excluding tert-OH is 1. The van der Waals surface area contributed by atoms with Crippen LogP contribution >= 0.6 is 0 Å². The van der Waals surface area contributed by atoms with Crippen LogP contribution in [0.5, 0.6) is 5.88 Å². The van der Waals surface area contributed by atoms with Crippen LogP contribution in [0.1, 0.15) is 11.1 Å². The molecule has 0 aliphatic heterocycles. The van der Waals surface area contributed by atoms with E-state index >= 15 is 0 Å². The molecule has 1 aromatic heterocycles. The summed E-state index contributed by atoms with van der Waals surface area (Å²) in [5.74, 6) is 0.584. The molecule has 1 heterocycles. The molecule has 0 bridgehead atoms. The van der Waals surface area contributed by atoms with Crippen LogP contribution in [-0.4, -0.2) is 28.5 Å². The highest BCUT2D eigenvalue weighted by Crippen LogP contribution is 2.28. The Balaban J connectivity index is 1.97. The van der Waals surface area contributed by atoms with Crippen molar-refractivity contribution in [3.05, 3.63) is 35.4 Å². The topological polar surface area (TPSA) is 58.1 Å². The van der Waals surface area contributed by atoms with Crippen molar-refractivity contribution in [2.24, 2.45) is 0 Å². The molecule has 0 saturated carbocycles. The number of aromatic amines is 1. The molecule has 0 fully saturated rings. The predicted octanol–water partition coefficient (Wildman–Crippen LogP) is 1.54. The third-order valence-corrected chi connectivity index (χ3v) is 3.19. The summed E-state index contributed by atoms with van der Waals surface area (Å²) < 4.78 is 5.04. The van der Waals surface area contributed by atoms with E-state index in [9.17, 15) is 5.11 Å². The van der Waals surface area contributed by atoms with Gasteiger partial charge < -0.3 is 9.84 Å². The van der Waals surface area contributed by atoms with E-state index < -0.39 is 0 Å². The summed E-state index contributed by atoms with van der Waals surface area (Å²) in [5, 5.41) is 16.6. The van der Waals surface area contributed by atoms with Crippen molar-refractivity contribution in [1.29, 1.82) is 0 Å². The van der Waals surface area contributed by atoms with E-state index in [1.165, 1.54) is 11.1 Å². The number of nitrogens with zero attached hydrogens (tertiary/aromatic N) is 1. The molecular weight excluding hydrogens is 216 g/mol. The largest absolute Gasteiger partial charge is 0.480 e. The van der Waals surface area contributed by atoms with Gasteiger partial charge in [-0.15, -0.1) is 5.10 Å². The standard InChI is InChI=1S/C13H14N2O2/c1-17-13-7-12(14-15-13)9-3-2-8-5-11(16)6-10(8)4-9/h2-4,7,11,16H,5-6H2,1H3,(H,14,15). The van der Waals surface area contributed by atoms with Gasteiger partial charge in [0.2, 0.25) is 5.88 Å². The number of hydrogen-bond donors (Lipinski definition) is 2. The summed E-state index contributed by atoms with van der Waals surface area (Å²) >= 11 is 0. The van der Waals surface area contributed by atoms with Gasteiger partial charge in [0.1, 0.15) is 0 Å². The van der Waals surface area contributed by atoms with E-state index in [0.29, 0.717) is 5.88 Å². The number of nitrogens with one attached hydrogen (secondary N) is 1. The lowest BCUT2D eigenvalue weighted by molar-refractivity contribution is 0.187. The lowest BCUT2D eigenvalue weighted by Gasteiger charge is -2.01. The fraction of sp³-hybridized carbons (Fsp3) is 0.308. The maximum absolute atomic E-state index is 9.61. The van der Waals surface area contributed by atoms with Gasteiger partial charge in [0.05, 0.1) is 18.9 Å². The highest BCUT2D eigenvalue weighted by Gasteiger charge is 2.19. The number of ether oxygens (including phenoxy) is 1. The molecule has 4 heteroatoms. The normalized spacial score (nSPS) is 18.1. The Morgan fingerprint density at radius 3 is 2.88 bits per heavy atom. The van der Waals surface area contributed by atoms with Gasteiger partial charge in [-0.2, -0.15) is 0 Å². The predicted molar refractivity (Wildman–Crippen MR) is 64.0 cm³/mol. The minimum Gasteiger partial charge on any atom is -0.480 e. The molecule has 1 aromatic carbocycles. The van der Waals surface area contributed by atoms with Crippen molar-refractivity contribution in [3.63, 3.8) is 0 Å². The molecule has 1 unspecified atom stereocenters. The van der Waals surface area contributed by atoms with E-state index in [0.717, 1.165) is 24.1 Å². The van der Waals surface area contributed by atoms with Crippen LogP contribution in [0.25, 0.3) is 11.3 Å². The van der Waals surface area contributed by atoms with E-state index in [1.807, 2.05) is 12.1 Å². The van der Waals surface area contributed by atoms with Gasteiger partial charge in [0.15, 0.2) is 0 Å². The summed E-state index contributed by atoms with van der Waals surface area (Å²) in [4.78, 5) is 0. The van der Waals surface area contributed by atoms with E-state index in [4.69, 9.17) is 4.74 Å². The maximum atomic E-state index is 9.61. The molecular formula is C13H14N2O2. The van der Waals surface area contributed by atoms with Crippen LogP contribution in [0.15, 0.2) is 24.3 Å². The van der Waals surface area contributed by atoms with Crippen molar-refractivity contribution >= 4 is 0 Å². The molecule has 88 valence electrons. The zero-order chi connectivity index (χ0) is 11.8. The third kappa shape index (κ3) is 1.80. The molecule has 0 radical (unpaired) electrons. The Bertz CT molecular complexity index is 548. The lowest BCUT2D eigenvalue weighted by atomic mass is 10.0. The zero-order valence-electron chi connectivity index (χ0n) is 9.60. The lowest BCUT2D eigenvalue weighted by Crippen LogP contribution is -2.03. The zero-order valence-corrected chi connectivity index (χ0v) is 9.60. The maximum Gasteiger partial charge on any atom is 0.232 e. The number of methoxy groups -OCH3 is 1. The van der Waals surface area contributed by atoms with Crippen LogP contribution in [0.3, 0.4) is 0 Å². The highest BCUT2D eigenvalue weighted by molar-refractivity contribution is 5.62. The first-order chi connectivity index (χ1) is 8.26. The first-order valence-electron chi connectivity index (χ1n) is 5.66. The fourth-order valence-corrected chi connectivity index (χ4v) is 2.32. The van der Waals surface area contributed by atoms with Crippen LogP contribution in [0, 0.1) is 0 Å². The van der Waals surface area contributed by atoms with Gasteiger partial charge in [0, 0.05) is 6.07 Å². The number of benzene rings is 1. The molecule has 1 aliphatic rings. The van der Waals surface area contributed by atoms with Crippen molar-refractivity contribution in [2.45, 2.75) is 18.9 Å². The number of H-pyrrole nitrogens is 1. The smallest absolute Gasteiger partial charge is 0.232 e. The Morgan fingerprint density at radius 1 is 1.29 bits per heavy atom. The SMILES string of the molecule is COc1cc(-c2ccc3c(c2)CC(O)C3)[nH]n1. The van der Waals surface area contributed by atoms with Gasteiger partial charge in [-0.25, -0.2) is 0 Å². The summed E-state index contributed by atoms with van der Waals surface area (Å²) in [6, 6.07) is 8.10. The van der Waals surface area contributed by atoms with Gasteiger partial charge in [-0.1, -0.05) is 12.1 Å². The Morgan fingerprint density at radius 2 is 2.12 bits per heavy atom.